The minimum Gasteiger partial charge on any atom is -0.390 e. The molecule has 0 aliphatic carbocycles. The predicted octanol–water partition coefficient (Wildman–Crippen LogP) is 5.52. The largest absolute Gasteiger partial charge is 0.390 e. The number of carbonyl (C=O) groups is 1. The van der Waals surface area contributed by atoms with Crippen LogP contribution in [0.15, 0.2) is 59.5 Å². The second kappa shape index (κ2) is 15.3. The molecular weight excluding hydrogens is 632 g/mol. The number of ether oxygens (including phenoxy) is 1. The molecule has 1 amide bonds. The summed E-state index contributed by atoms with van der Waals surface area (Å²) in [7, 11) is -0.442. The fourth-order valence-corrected chi connectivity index (χ4v) is 5.31. The standard InChI is InChI=1S/C27H27Cl3N3O8P/c1-15-22(13-33-7-5-24(32-27(33)36)31-26(35)17-10-19(29)12-20(30)11-17)40-23(25(15)34)14-38-41-21(6-8-39-42-37)16-3-2-4-18(28)9-16/h2-5,7,9-12,15,21-23,25,34H,6,8,13-14H2,1H3,(H,31,32,35,36)/t15-,21+,22?,23-,25+/m1/s1. The zero-order valence-corrected chi connectivity index (χ0v) is 25.4. The molecule has 3 aromatic rings. The third kappa shape index (κ3) is 8.79. The van der Waals surface area contributed by atoms with E-state index in [1.165, 1.54) is 35.0 Å². The average Bonchev–Trinajstić information content (AvgIpc) is 3.21. The van der Waals surface area contributed by atoms with Crippen molar-refractivity contribution < 1.29 is 33.5 Å². The summed E-state index contributed by atoms with van der Waals surface area (Å²) >= 11 is 18.0. The van der Waals surface area contributed by atoms with Crippen LogP contribution in [0, 0.1) is 5.92 Å². The Balaban J connectivity index is 1.33. The summed E-state index contributed by atoms with van der Waals surface area (Å²) in [6.45, 7) is 1.96. The first-order valence-corrected chi connectivity index (χ1v) is 14.7. The quantitative estimate of drug-likeness (QED) is 0.105. The van der Waals surface area contributed by atoms with Gasteiger partial charge in [0.1, 0.15) is 24.6 Å². The number of aliphatic hydroxyl groups excluding tert-OH is 1. The van der Waals surface area contributed by atoms with Gasteiger partial charge in [-0.3, -0.25) is 13.9 Å². The Kier molecular flexibility index (Phi) is 11.9. The molecule has 0 saturated carbocycles. The molecule has 1 aliphatic rings. The van der Waals surface area contributed by atoms with Crippen LogP contribution in [-0.2, 0) is 30.1 Å². The monoisotopic (exact) mass is 657 g/mol. The molecule has 2 N–H and O–H groups in total. The first-order valence-electron chi connectivity index (χ1n) is 12.8. The molecule has 1 saturated heterocycles. The molecule has 42 heavy (non-hydrogen) atoms. The Bertz CT molecular complexity index is 1440. The molecule has 224 valence electrons. The van der Waals surface area contributed by atoms with Crippen molar-refractivity contribution in [2.24, 2.45) is 5.92 Å². The van der Waals surface area contributed by atoms with Gasteiger partial charge in [-0.2, -0.15) is 4.98 Å². The molecule has 1 aliphatic heterocycles. The van der Waals surface area contributed by atoms with Gasteiger partial charge in [-0.15, -0.1) is 0 Å². The Labute approximate surface area is 257 Å². The number of hydrogen-bond acceptors (Lipinski definition) is 9. The highest BCUT2D eigenvalue weighted by Crippen LogP contribution is 2.30. The lowest BCUT2D eigenvalue weighted by molar-refractivity contribution is -0.340. The van der Waals surface area contributed by atoms with Crippen LogP contribution < -0.4 is 11.0 Å². The third-order valence-electron chi connectivity index (χ3n) is 6.63. The van der Waals surface area contributed by atoms with Crippen molar-refractivity contribution in [2.75, 3.05) is 18.5 Å². The maximum atomic E-state index is 12.7. The maximum absolute atomic E-state index is 12.7. The molecule has 11 nitrogen and oxygen atoms in total. The van der Waals surface area contributed by atoms with E-state index in [1.807, 2.05) is 6.07 Å². The SMILES string of the molecule is C[C@@H]1C(Cn2ccc(NC(=O)c3cc(Cl)cc(Cl)c3)nc2=O)O[C@H](COO[C@@H](CCOP=O)c2cccc(Cl)c2)[C@H]1O. The molecule has 1 fully saturated rings. The molecule has 5 atom stereocenters. The van der Waals surface area contributed by atoms with Crippen molar-refractivity contribution in [1.29, 1.82) is 0 Å². The number of aliphatic hydroxyl groups is 1. The molecule has 1 aromatic heterocycles. The lowest BCUT2D eigenvalue weighted by Crippen LogP contribution is -2.32. The third-order valence-corrected chi connectivity index (χ3v) is 7.59. The molecule has 1 unspecified atom stereocenters. The summed E-state index contributed by atoms with van der Waals surface area (Å²) in [6.07, 6.45) is -0.913. The number of rotatable bonds is 13. The van der Waals surface area contributed by atoms with Crippen LogP contribution in [0.3, 0.4) is 0 Å². The van der Waals surface area contributed by atoms with E-state index in [0.717, 1.165) is 5.56 Å². The summed E-state index contributed by atoms with van der Waals surface area (Å²) in [6, 6.07) is 12.9. The van der Waals surface area contributed by atoms with Crippen molar-refractivity contribution in [3.8, 4) is 0 Å². The Morgan fingerprint density at radius 1 is 1.14 bits per heavy atom. The van der Waals surface area contributed by atoms with E-state index in [0.29, 0.717) is 21.5 Å². The van der Waals surface area contributed by atoms with E-state index in [-0.39, 0.29) is 37.1 Å². The van der Waals surface area contributed by atoms with Crippen LogP contribution in [0.1, 0.15) is 35.4 Å². The lowest BCUT2D eigenvalue weighted by Gasteiger charge is -2.19. The molecule has 2 aromatic carbocycles. The van der Waals surface area contributed by atoms with Crippen LogP contribution in [0.25, 0.3) is 0 Å². The predicted molar refractivity (Wildman–Crippen MR) is 156 cm³/mol. The number of hydrogen-bond donors (Lipinski definition) is 2. The minimum absolute atomic E-state index is 0.0515. The zero-order chi connectivity index (χ0) is 30.2. The second-order valence-electron chi connectivity index (χ2n) is 9.54. The summed E-state index contributed by atoms with van der Waals surface area (Å²) in [5, 5.41) is 14.4. The Morgan fingerprint density at radius 3 is 2.60 bits per heavy atom. The van der Waals surface area contributed by atoms with Crippen molar-refractivity contribution in [3.05, 3.63) is 91.4 Å². The van der Waals surface area contributed by atoms with E-state index in [4.69, 9.17) is 53.8 Å². The highest BCUT2D eigenvalue weighted by atomic mass is 35.5. The fourth-order valence-electron chi connectivity index (χ4n) is 4.40. The Hall–Kier alpha value is -2.44. The number of aromatic nitrogens is 2. The Morgan fingerprint density at radius 2 is 1.90 bits per heavy atom. The number of amides is 1. The zero-order valence-electron chi connectivity index (χ0n) is 22.2. The number of carbonyl (C=O) groups excluding carboxylic acids is 1. The lowest BCUT2D eigenvalue weighted by atomic mass is 9.98. The van der Waals surface area contributed by atoms with E-state index < -0.39 is 44.7 Å². The topological polar surface area (TPSA) is 138 Å². The molecule has 15 heteroatoms. The van der Waals surface area contributed by atoms with Gasteiger partial charge in [-0.25, -0.2) is 19.1 Å². The summed E-state index contributed by atoms with van der Waals surface area (Å²) in [4.78, 5) is 40.2. The number of benzene rings is 2. The number of nitrogens with zero attached hydrogens (tertiary/aromatic N) is 2. The summed E-state index contributed by atoms with van der Waals surface area (Å²) < 4.78 is 22.8. The van der Waals surface area contributed by atoms with Crippen LogP contribution in [-0.4, -0.2) is 52.1 Å². The summed E-state index contributed by atoms with van der Waals surface area (Å²) in [5.74, 6) is -0.818. The van der Waals surface area contributed by atoms with E-state index in [1.54, 1.807) is 25.1 Å². The number of halogens is 3. The van der Waals surface area contributed by atoms with Gasteiger partial charge in [0.15, 0.2) is 0 Å². The van der Waals surface area contributed by atoms with Crippen LogP contribution in [0.5, 0.6) is 0 Å². The van der Waals surface area contributed by atoms with Gasteiger partial charge in [0.05, 0.1) is 25.4 Å². The molecule has 2 heterocycles. The fraction of sp³-hybridized carbons (Fsp3) is 0.370. The van der Waals surface area contributed by atoms with Gasteiger partial charge < -0.3 is 15.2 Å². The van der Waals surface area contributed by atoms with Crippen molar-refractivity contribution in [3.63, 3.8) is 0 Å². The van der Waals surface area contributed by atoms with Crippen molar-refractivity contribution >= 4 is 55.2 Å². The van der Waals surface area contributed by atoms with Crippen LogP contribution in [0.4, 0.5) is 5.82 Å². The second-order valence-corrected chi connectivity index (χ2v) is 11.3. The van der Waals surface area contributed by atoms with Gasteiger partial charge in [-0.1, -0.05) is 53.9 Å². The van der Waals surface area contributed by atoms with Gasteiger partial charge in [0, 0.05) is 39.2 Å². The van der Waals surface area contributed by atoms with Gasteiger partial charge >= 0.3 is 14.4 Å². The van der Waals surface area contributed by atoms with E-state index in [2.05, 4.69) is 10.3 Å². The molecule has 0 radical (unpaired) electrons. The highest BCUT2D eigenvalue weighted by molar-refractivity contribution is 7.17. The van der Waals surface area contributed by atoms with Crippen LogP contribution in [0.2, 0.25) is 15.1 Å². The van der Waals surface area contributed by atoms with Crippen molar-refractivity contribution in [2.45, 2.75) is 44.3 Å². The first-order chi connectivity index (χ1) is 20.1. The van der Waals surface area contributed by atoms with E-state index in [9.17, 15) is 19.3 Å². The summed E-state index contributed by atoms with van der Waals surface area (Å²) in [5.41, 5.74) is 0.331. The number of nitrogens with one attached hydrogen (secondary N) is 1. The van der Waals surface area contributed by atoms with Gasteiger partial charge in [0.2, 0.25) is 0 Å². The molecule has 4 rings (SSSR count). The smallest absolute Gasteiger partial charge is 0.349 e. The molecular formula is C27H27Cl3N3O8P. The molecule has 0 bridgehead atoms. The molecule has 0 spiro atoms. The normalized spacial score (nSPS) is 21.0. The number of anilines is 1. The van der Waals surface area contributed by atoms with Crippen LogP contribution >= 0.6 is 43.5 Å². The minimum atomic E-state index is -0.891. The maximum Gasteiger partial charge on any atom is 0.349 e. The van der Waals surface area contributed by atoms with Gasteiger partial charge in [0.25, 0.3) is 5.91 Å². The van der Waals surface area contributed by atoms with E-state index >= 15 is 0 Å². The average molecular weight is 659 g/mol. The first kappa shape index (κ1) is 32.5. The highest BCUT2D eigenvalue weighted by Gasteiger charge is 2.41. The van der Waals surface area contributed by atoms with Gasteiger partial charge in [-0.05, 0) is 42.0 Å². The van der Waals surface area contributed by atoms with Crippen molar-refractivity contribution in [1.82, 2.24) is 9.55 Å².